The molecule has 27 heavy (non-hydrogen) atoms. The van der Waals surface area contributed by atoms with Gasteiger partial charge in [0.05, 0.1) is 11.4 Å². The molecule has 3 heterocycles. The van der Waals surface area contributed by atoms with Gasteiger partial charge in [-0.25, -0.2) is 4.98 Å². The average molecular weight is 443 g/mol. The van der Waals surface area contributed by atoms with Crippen LogP contribution in [0.4, 0.5) is 0 Å². The third kappa shape index (κ3) is 3.65. The number of hydrogen-bond acceptors (Lipinski definition) is 6. The number of rotatable bonds is 4. The Hall–Kier alpha value is -2.52. The molecule has 0 spiro atoms. The maximum atomic E-state index is 12.3. The lowest BCUT2D eigenvalue weighted by Gasteiger charge is -2.07. The Balaban J connectivity index is 1.61. The first-order chi connectivity index (χ1) is 13.0. The molecule has 4 rings (SSSR count). The molecule has 0 bridgehead atoms. The monoisotopic (exact) mass is 442 g/mol. The zero-order valence-corrected chi connectivity index (χ0v) is 17.0. The highest BCUT2D eigenvalue weighted by molar-refractivity contribution is 9.10. The number of tetrazole rings is 1. The van der Waals surface area contributed by atoms with Gasteiger partial charge in [-0.3, -0.25) is 9.20 Å². The number of nitrogens with zero attached hydrogens (tertiary/aromatic N) is 6. The van der Waals surface area contributed by atoms with E-state index in [1.165, 1.54) is 33.4 Å². The van der Waals surface area contributed by atoms with E-state index in [-0.39, 0.29) is 5.56 Å². The smallest absolute Gasteiger partial charge is 0.258 e. The van der Waals surface area contributed by atoms with Crippen molar-refractivity contribution in [3.63, 3.8) is 0 Å². The Morgan fingerprint density at radius 3 is 2.78 bits per heavy atom. The first-order valence-corrected chi connectivity index (χ1v) is 9.96. The van der Waals surface area contributed by atoms with Gasteiger partial charge in [-0.2, -0.15) is 4.68 Å². The Kier molecular flexibility index (Phi) is 4.79. The Bertz CT molecular complexity index is 1200. The highest BCUT2D eigenvalue weighted by Crippen LogP contribution is 2.23. The van der Waals surface area contributed by atoms with Crippen LogP contribution in [0.2, 0.25) is 0 Å². The van der Waals surface area contributed by atoms with Crippen molar-refractivity contribution in [2.24, 2.45) is 0 Å². The second-order valence-corrected chi connectivity index (χ2v) is 7.95. The fraction of sp³-hybridized carbons (Fsp3) is 0.167. The summed E-state index contributed by atoms with van der Waals surface area (Å²) in [5.74, 6) is 0.493. The molecule has 0 unspecified atom stereocenters. The van der Waals surface area contributed by atoms with E-state index < -0.39 is 0 Å². The van der Waals surface area contributed by atoms with E-state index in [1.54, 1.807) is 16.9 Å². The number of pyridine rings is 1. The van der Waals surface area contributed by atoms with Gasteiger partial charge in [-0.05, 0) is 75.6 Å². The van der Waals surface area contributed by atoms with Gasteiger partial charge in [0.1, 0.15) is 5.65 Å². The van der Waals surface area contributed by atoms with Crippen LogP contribution in [0.1, 0.15) is 16.8 Å². The molecule has 0 amide bonds. The molecule has 0 radical (unpaired) electrons. The van der Waals surface area contributed by atoms with Gasteiger partial charge in [-0.1, -0.05) is 17.8 Å². The van der Waals surface area contributed by atoms with Crippen LogP contribution in [0.5, 0.6) is 0 Å². The van der Waals surface area contributed by atoms with Gasteiger partial charge >= 0.3 is 0 Å². The van der Waals surface area contributed by atoms with Crippen LogP contribution in [0.3, 0.4) is 0 Å². The van der Waals surface area contributed by atoms with Crippen molar-refractivity contribution in [1.29, 1.82) is 0 Å². The summed E-state index contributed by atoms with van der Waals surface area (Å²) in [4.78, 5) is 16.9. The first kappa shape index (κ1) is 17.9. The second kappa shape index (κ2) is 7.24. The number of aryl methyl sites for hydroxylation is 2. The minimum Gasteiger partial charge on any atom is -0.269 e. The molecular formula is C18H15BrN6OS. The van der Waals surface area contributed by atoms with E-state index >= 15 is 0 Å². The number of benzene rings is 1. The van der Waals surface area contributed by atoms with E-state index in [0.717, 1.165) is 10.2 Å². The average Bonchev–Trinajstić information content (AvgIpc) is 3.11. The van der Waals surface area contributed by atoms with Gasteiger partial charge in [0.15, 0.2) is 0 Å². The van der Waals surface area contributed by atoms with E-state index in [1.807, 2.05) is 24.3 Å². The normalized spacial score (nSPS) is 11.2. The maximum absolute atomic E-state index is 12.3. The fourth-order valence-corrected chi connectivity index (χ4v) is 3.75. The SMILES string of the molecule is Cc1ccc(-n2nnnc2SCc2cc(=O)n3cc(Br)ccc3n2)cc1C. The van der Waals surface area contributed by atoms with Gasteiger partial charge in [0, 0.05) is 22.5 Å². The van der Waals surface area contributed by atoms with E-state index in [2.05, 4.69) is 50.3 Å². The summed E-state index contributed by atoms with van der Waals surface area (Å²) in [7, 11) is 0. The first-order valence-electron chi connectivity index (χ1n) is 8.18. The van der Waals surface area contributed by atoms with Crippen LogP contribution in [0, 0.1) is 13.8 Å². The molecule has 0 aliphatic heterocycles. The molecular weight excluding hydrogens is 428 g/mol. The zero-order valence-electron chi connectivity index (χ0n) is 14.6. The Morgan fingerprint density at radius 2 is 1.96 bits per heavy atom. The van der Waals surface area contributed by atoms with Crippen molar-refractivity contribution in [1.82, 2.24) is 29.6 Å². The molecule has 1 aromatic carbocycles. The lowest BCUT2D eigenvalue weighted by Crippen LogP contribution is -2.15. The highest BCUT2D eigenvalue weighted by Gasteiger charge is 2.11. The molecule has 0 aliphatic rings. The maximum Gasteiger partial charge on any atom is 0.258 e. The predicted octanol–water partition coefficient (Wildman–Crippen LogP) is 3.34. The summed E-state index contributed by atoms with van der Waals surface area (Å²) < 4.78 is 4.04. The van der Waals surface area contributed by atoms with Crippen molar-refractivity contribution < 1.29 is 0 Å². The number of aromatic nitrogens is 6. The molecule has 7 nitrogen and oxygen atoms in total. The highest BCUT2D eigenvalue weighted by atomic mass is 79.9. The lowest BCUT2D eigenvalue weighted by molar-refractivity contribution is 0.755. The molecule has 3 aromatic heterocycles. The topological polar surface area (TPSA) is 78.0 Å². The van der Waals surface area contributed by atoms with Crippen LogP contribution in [-0.2, 0) is 5.75 Å². The Morgan fingerprint density at radius 1 is 1.11 bits per heavy atom. The number of fused-ring (bicyclic) bond motifs is 1. The molecule has 4 aromatic rings. The van der Waals surface area contributed by atoms with Crippen molar-refractivity contribution >= 4 is 33.3 Å². The zero-order chi connectivity index (χ0) is 19.0. The minimum absolute atomic E-state index is 0.120. The summed E-state index contributed by atoms with van der Waals surface area (Å²) in [6.45, 7) is 4.12. The molecule has 0 atom stereocenters. The molecule has 136 valence electrons. The van der Waals surface area contributed by atoms with E-state index in [4.69, 9.17) is 0 Å². The quantitative estimate of drug-likeness (QED) is 0.451. The summed E-state index contributed by atoms with van der Waals surface area (Å²) in [5.41, 5.74) is 4.47. The third-order valence-corrected chi connectivity index (χ3v) is 5.62. The summed E-state index contributed by atoms with van der Waals surface area (Å²) in [5, 5.41) is 12.6. The molecule has 0 aliphatic carbocycles. The number of hydrogen-bond donors (Lipinski definition) is 0. The largest absolute Gasteiger partial charge is 0.269 e. The van der Waals surface area contributed by atoms with Gasteiger partial charge in [0.2, 0.25) is 5.16 Å². The van der Waals surface area contributed by atoms with Gasteiger partial charge in [-0.15, -0.1) is 5.10 Å². The lowest BCUT2D eigenvalue weighted by atomic mass is 10.1. The van der Waals surface area contributed by atoms with Gasteiger partial charge in [0.25, 0.3) is 5.56 Å². The molecule has 0 saturated carbocycles. The molecule has 0 fully saturated rings. The third-order valence-electron chi connectivity index (χ3n) is 4.20. The van der Waals surface area contributed by atoms with Crippen molar-refractivity contribution in [2.75, 3.05) is 0 Å². The summed E-state index contributed by atoms with van der Waals surface area (Å²) in [6, 6.07) is 11.3. The molecule has 0 saturated heterocycles. The van der Waals surface area contributed by atoms with Crippen LogP contribution < -0.4 is 5.56 Å². The fourth-order valence-electron chi connectivity index (χ4n) is 2.63. The number of thioether (sulfide) groups is 1. The summed E-state index contributed by atoms with van der Waals surface area (Å²) >= 11 is 4.80. The van der Waals surface area contributed by atoms with Crippen molar-refractivity contribution in [3.8, 4) is 5.69 Å². The van der Waals surface area contributed by atoms with Crippen LogP contribution in [-0.4, -0.2) is 29.6 Å². The standard InChI is InChI=1S/C18H15BrN6OS/c1-11-3-5-15(7-12(11)2)25-18(21-22-23-25)27-10-14-8-17(26)24-9-13(19)4-6-16(24)20-14/h3-9H,10H2,1-2H3. The number of halogens is 1. The minimum atomic E-state index is -0.120. The van der Waals surface area contributed by atoms with E-state index in [9.17, 15) is 4.79 Å². The second-order valence-electron chi connectivity index (χ2n) is 6.09. The van der Waals surface area contributed by atoms with Crippen LogP contribution >= 0.6 is 27.7 Å². The van der Waals surface area contributed by atoms with E-state index in [0.29, 0.717) is 22.3 Å². The van der Waals surface area contributed by atoms with Crippen LogP contribution in [0.15, 0.2) is 57.0 Å². The Labute approximate surface area is 167 Å². The molecule has 9 heteroatoms. The van der Waals surface area contributed by atoms with Crippen molar-refractivity contribution in [2.45, 2.75) is 24.8 Å². The van der Waals surface area contributed by atoms with Gasteiger partial charge < -0.3 is 0 Å². The molecule has 0 N–H and O–H groups in total. The van der Waals surface area contributed by atoms with Crippen molar-refractivity contribution in [3.05, 3.63) is 74.2 Å². The van der Waals surface area contributed by atoms with Crippen LogP contribution in [0.25, 0.3) is 11.3 Å². The summed E-state index contributed by atoms with van der Waals surface area (Å²) in [6.07, 6.45) is 1.71. The predicted molar refractivity (Wildman–Crippen MR) is 107 cm³/mol.